The van der Waals surface area contributed by atoms with E-state index in [1.807, 2.05) is 4.68 Å². The average Bonchev–Trinajstić information content (AvgIpc) is 2.96. The molecule has 94 valence electrons. The van der Waals surface area contributed by atoms with Crippen LogP contribution in [0.25, 0.3) is 0 Å². The largest absolute Gasteiger partial charge is 0.311 e. The minimum Gasteiger partial charge on any atom is -0.311 e. The molecule has 1 saturated heterocycles. The summed E-state index contributed by atoms with van der Waals surface area (Å²) in [6.07, 6.45) is 9.66. The van der Waals surface area contributed by atoms with Crippen molar-refractivity contribution in [2.24, 2.45) is 5.92 Å². The topological polar surface area (TPSA) is 42.7 Å². The summed E-state index contributed by atoms with van der Waals surface area (Å²) in [6, 6.07) is 1.40. The molecule has 3 atom stereocenters. The summed E-state index contributed by atoms with van der Waals surface area (Å²) in [6.45, 7) is 3.05. The Morgan fingerprint density at radius 3 is 3.18 bits per heavy atom. The average molecular weight is 234 g/mol. The fourth-order valence-corrected chi connectivity index (χ4v) is 3.49. The third kappa shape index (κ3) is 2.23. The van der Waals surface area contributed by atoms with E-state index in [1.54, 1.807) is 6.33 Å². The highest BCUT2D eigenvalue weighted by atomic mass is 15.3. The molecule has 1 aromatic rings. The molecule has 3 unspecified atom stereocenters. The van der Waals surface area contributed by atoms with Gasteiger partial charge in [-0.2, -0.15) is 5.10 Å². The van der Waals surface area contributed by atoms with Gasteiger partial charge in [0.25, 0.3) is 0 Å². The molecule has 17 heavy (non-hydrogen) atoms. The van der Waals surface area contributed by atoms with Crippen LogP contribution in [0.1, 0.15) is 44.9 Å². The predicted octanol–water partition coefficient (Wildman–Crippen LogP) is 1.76. The van der Waals surface area contributed by atoms with Crippen molar-refractivity contribution in [1.29, 1.82) is 0 Å². The quantitative estimate of drug-likeness (QED) is 0.866. The van der Waals surface area contributed by atoms with Crippen molar-refractivity contribution in [3.05, 3.63) is 12.2 Å². The second-order valence-corrected chi connectivity index (χ2v) is 5.43. The minimum atomic E-state index is 0.615. The molecule has 0 bridgehead atoms. The zero-order valence-electron chi connectivity index (χ0n) is 10.6. The number of nitrogens with zero attached hydrogens (tertiary/aromatic N) is 3. The van der Waals surface area contributed by atoms with E-state index < -0.39 is 0 Å². The van der Waals surface area contributed by atoms with Crippen LogP contribution in [0.3, 0.4) is 0 Å². The summed E-state index contributed by atoms with van der Waals surface area (Å²) < 4.78 is 2.02. The van der Waals surface area contributed by atoms with Crippen LogP contribution in [-0.2, 0) is 13.0 Å². The molecular formula is C13H22N4. The standard InChI is InChI=1S/C13H22N4/c1-2-17-13(14-9-15-17)8-11-7-6-10-4-3-5-12(10)16-11/h9-12,16H,2-8H2,1H3. The van der Waals surface area contributed by atoms with Gasteiger partial charge in [0.15, 0.2) is 0 Å². The van der Waals surface area contributed by atoms with Gasteiger partial charge in [0.1, 0.15) is 12.2 Å². The molecule has 4 heteroatoms. The lowest BCUT2D eigenvalue weighted by Gasteiger charge is -2.33. The Kier molecular flexibility index (Phi) is 3.14. The first-order valence-electron chi connectivity index (χ1n) is 6.99. The van der Waals surface area contributed by atoms with Gasteiger partial charge in [0.05, 0.1) is 0 Å². The van der Waals surface area contributed by atoms with Crippen molar-refractivity contribution in [2.75, 3.05) is 0 Å². The number of fused-ring (bicyclic) bond motifs is 1. The Morgan fingerprint density at radius 1 is 1.35 bits per heavy atom. The van der Waals surface area contributed by atoms with E-state index in [4.69, 9.17) is 0 Å². The molecule has 1 N–H and O–H groups in total. The lowest BCUT2D eigenvalue weighted by molar-refractivity contribution is 0.254. The molecule has 1 aliphatic carbocycles. The molecule has 2 aliphatic rings. The van der Waals surface area contributed by atoms with Crippen LogP contribution in [0, 0.1) is 5.92 Å². The summed E-state index contributed by atoms with van der Waals surface area (Å²) in [4.78, 5) is 4.38. The first-order chi connectivity index (χ1) is 8.36. The van der Waals surface area contributed by atoms with Gasteiger partial charge < -0.3 is 5.32 Å². The number of nitrogens with one attached hydrogen (secondary N) is 1. The Morgan fingerprint density at radius 2 is 2.29 bits per heavy atom. The van der Waals surface area contributed by atoms with Gasteiger partial charge in [-0.3, -0.25) is 4.68 Å². The van der Waals surface area contributed by atoms with Crippen LogP contribution in [0.5, 0.6) is 0 Å². The zero-order valence-corrected chi connectivity index (χ0v) is 10.6. The first kappa shape index (κ1) is 11.2. The molecule has 0 amide bonds. The van der Waals surface area contributed by atoms with Crippen LogP contribution >= 0.6 is 0 Å². The van der Waals surface area contributed by atoms with Crippen molar-refractivity contribution in [1.82, 2.24) is 20.1 Å². The van der Waals surface area contributed by atoms with Gasteiger partial charge >= 0.3 is 0 Å². The Hall–Kier alpha value is -0.900. The molecule has 1 aromatic heterocycles. The molecule has 4 nitrogen and oxygen atoms in total. The number of aryl methyl sites for hydroxylation is 1. The summed E-state index contributed by atoms with van der Waals surface area (Å²) >= 11 is 0. The molecule has 2 fully saturated rings. The van der Waals surface area contributed by atoms with Crippen molar-refractivity contribution in [3.63, 3.8) is 0 Å². The second kappa shape index (κ2) is 4.77. The minimum absolute atomic E-state index is 0.615. The molecule has 1 saturated carbocycles. The summed E-state index contributed by atoms with van der Waals surface area (Å²) in [7, 11) is 0. The molecule has 3 rings (SSSR count). The van der Waals surface area contributed by atoms with Crippen molar-refractivity contribution in [2.45, 2.75) is 64.1 Å². The van der Waals surface area contributed by atoms with Crippen LogP contribution < -0.4 is 5.32 Å². The summed E-state index contributed by atoms with van der Waals surface area (Å²) in [5.74, 6) is 2.09. The molecule has 0 aromatic carbocycles. The first-order valence-corrected chi connectivity index (χ1v) is 6.99. The van der Waals surface area contributed by atoms with E-state index in [0.29, 0.717) is 6.04 Å². The van der Waals surface area contributed by atoms with Gasteiger partial charge in [-0.25, -0.2) is 4.98 Å². The molecule has 2 heterocycles. The van der Waals surface area contributed by atoms with Crippen LogP contribution in [0.2, 0.25) is 0 Å². The molecule has 0 spiro atoms. The molecule has 0 radical (unpaired) electrons. The Bertz CT molecular complexity index is 373. The lowest BCUT2D eigenvalue weighted by Crippen LogP contribution is -2.46. The van der Waals surface area contributed by atoms with Gasteiger partial charge in [-0.1, -0.05) is 6.42 Å². The predicted molar refractivity (Wildman–Crippen MR) is 66.7 cm³/mol. The highest BCUT2D eigenvalue weighted by Crippen LogP contribution is 2.34. The number of aromatic nitrogens is 3. The monoisotopic (exact) mass is 234 g/mol. The van der Waals surface area contributed by atoms with Gasteiger partial charge in [0, 0.05) is 25.0 Å². The van der Waals surface area contributed by atoms with Crippen LogP contribution in [0.15, 0.2) is 6.33 Å². The summed E-state index contributed by atoms with van der Waals surface area (Å²) in [5, 5.41) is 8.07. The Labute approximate surface area is 103 Å². The maximum atomic E-state index is 4.38. The molecule has 1 aliphatic heterocycles. The maximum Gasteiger partial charge on any atom is 0.138 e. The highest BCUT2D eigenvalue weighted by Gasteiger charge is 2.33. The highest BCUT2D eigenvalue weighted by molar-refractivity contribution is 4.96. The van der Waals surface area contributed by atoms with E-state index in [-0.39, 0.29) is 0 Å². The van der Waals surface area contributed by atoms with Gasteiger partial charge in [-0.15, -0.1) is 0 Å². The van der Waals surface area contributed by atoms with Gasteiger partial charge in [-0.05, 0) is 38.5 Å². The van der Waals surface area contributed by atoms with Crippen molar-refractivity contribution in [3.8, 4) is 0 Å². The van der Waals surface area contributed by atoms with E-state index in [1.165, 1.54) is 32.1 Å². The van der Waals surface area contributed by atoms with Crippen molar-refractivity contribution >= 4 is 0 Å². The molecular weight excluding hydrogens is 212 g/mol. The number of rotatable bonds is 3. The number of hydrogen-bond donors (Lipinski definition) is 1. The third-order valence-corrected chi connectivity index (χ3v) is 4.42. The van der Waals surface area contributed by atoms with E-state index in [0.717, 1.165) is 30.7 Å². The van der Waals surface area contributed by atoms with Crippen LogP contribution in [-0.4, -0.2) is 26.8 Å². The summed E-state index contributed by atoms with van der Waals surface area (Å²) in [5.41, 5.74) is 0. The number of piperidine rings is 1. The third-order valence-electron chi connectivity index (χ3n) is 4.42. The number of hydrogen-bond acceptors (Lipinski definition) is 3. The van der Waals surface area contributed by atoms with E-state index in [2.05, 4.69) is 22.3 Å². The van der Waals surface area contributed by atoms with E-state index in [9.17, 15) is 0 Å². The van der Waals surface area contributed by atoms with E-state index >= 15 is 0 Å². The van der Waals surface area contributed by atoms with Gasteiger partial charge in [0.2, 0.25) is 0 Å². The van der Waals surface area contributed by atoms with Crippen LogP contribution in [0.4, 0.5) is 0 Å². The second-order valence-electron chi connectivity index (χ2n) is 5.43. The Balaban J connectivity index is 1.62. The SMILES string of the molecule is CCn1ncnc1CC1CCC2CCCC2N1. The fourth-order valence-electron chi connectivity index (χ4n) is 3.49. The smallest absolute Gasteiger partial charge is 0.138 e. The normalized spacial score (nSPS) is 32.6. The lowest BCUT2D eigenvalue weighted by atomic mass is 9.88. The van der Waals surface area contributed by atoms with Crippen molar-refractivity contribution < 1.29 is 0 Å². The fraction of sp³-hybridized carbons (Fsp3) is 0.846. The maximum absolute atomic E-state index is 4.38. The zero-order chi connectivity index (χ0) is 11.7.